The zero-order valence-corrected chi connectivity index (χ0v) is 10.4. The molecule has 0 saturated carbocycles. The number of benzene rings is 1. The highest BCUT2D eigenvalue weighted by Gasteiger charge is 2.25. The Morgan fingerprint density at radius 3 is 2.28 bits per heavy atom. The minimum Gasteiger partial charge on any atom is -0.285 e. The minimum absolute atomic E-state index is 0.156. The zero-order valence-electron chi connectivity index (χ0n) is 9.60. The van der Waals surface area contributed by atoms with E-state index in [1.165, 1.54) is 0 Å². The standard InChI is InChI=1S/C13H13NO3S/c15-18(16,17)13(11-6-2-1-3-7-11)10-12-8-4-5-9-14-12/h1-9,13H,10H2,(H,15,16,17)/t13-/m0/s1. The van der Waals surface area contributed by atoms with Crippen LogP contribution in [0.2, 0.25) is 0 Å². The summed E-state index contributed by atoms with van der Waals surface area (Å²) in [5.41, 5.74) is 1.19. The van der Waals surface area contributed by atoms with Gasteiger partial charge in [-0.3, -0.25) is 9.54 Å². The van der Waals surface area contributed by atoms with Crippen molar-refractivity contribution in [2.45, 2.75) is 11.7 Å². The third kappa shape index (κ3) is 3.15. The monoisotopic (exact) mass is 263 g/mol. The Morgan fingerprint density at radius 2 is 1.72 bits per heavy atom. The number of rotatable bonds is 4. The van der Waals surface area contributed by atoms with E-state index in [-0.39, 0.29) is 6.42 Å². The number of nitrogens with zero attached hydrogens (tertiary/aromatic N) is 1. The quantitative estimate of drug-likeness (QED) is 0.859. The topological polar surface area (TPSA) is 67.3 Å². The zero-order chi connectivity index (χ0) is 13.0. The van der Waals surface area contributed by atoms with Crippen LogP contribution in [0.3, 0.4) is 0 Å². The van der Waals surface area contributed by atoms with E-state index in [1.54, 1.807) is 54.7 Å². The summed E-state index contributed by atoms with van der Waals surface area (Å²) < 4.78 is 32.3. The van der Waals surface area contributed by atoms with E-state index in [1.807, 2.05) is 0 Å². The normalized spacial score (nSPS) is 13.2. The van der Waals surface area contributed by atoms with Crippen molar-refractivity contribution in [2.24, 2.45) is 0 Å². The highest BCUT2D eigenvalue weighted by molar-refractivity contribution is 7.86. The van der Waals surface area contributed by atoms with Crippen LogP contribution in [0.25, 0.3) is 0 Å². The second-order valence-electron chi connectivity index (χ2n) is 3.94. The van der Waals surface area contributed by atoms with Crippen molar-refractivity contribution < 1.29 is 13.0 Å². The maximum absolute atomic E-state index is 11.5. The molecule has 0 saturated heterocycles. The molecular formula is C13H13NO3S. The summed E-state index contributed by atoms with van der Waals surface area (Å²) in [7, 11) is -4.16. The van der Waals surface area contributed by atoms with E-state index < -0.39 is 15.4 Å². The number of hydrogen-bond donors (Lipinski definition) is 1. The average molecular weight is 263 g/mol. The molecule has 1 N–H and O–H groups in total. The molecule has 0 aliphatic rings. The predicted molar refractivity (Wildman–Crippen MR) is 68.7 cm³/mol. The molecule has 1 atom stereocenters. The Labute approximate surface area is 106 Å². The molecule has 2 rings (SSSR count). The van der Waals surface area contributed by atoms with Gasteiger partial charge < -0.3 is 0 Å². The van der Waals surface area contributed by atoms with Crippen LogP contribution in [-0.2, 0) is 16.5 Å². The van der Waals surface area contributed by atoms with Gasteiger partial charge in [-0.05, 0) is 17.7 Å². The number of hydrogen-bond acceptors (Lipinski definition) is 3. The molecule has 1 aromatic carbocycles. The average Bonchev–Trinajstić information content (AvgIpc) is 2.37. The molecular weight excluding hydrogens is 250 g/mol. The molecule has 0 unspecified atom stereocenters. The smallest absolute Gasteiger partial charge is 0.272 e. The molecule has 4 nitrogen and oxygen atoms in total. The lowest BCUT2D eigenvalue weighted by molar-refractivity contribution is 0.467. The summed E-state index contributed by atoms with van der Waals surface area (Å²) in [6.45, 7) is 0. The third-order valence-electron chi connectivity index (χ3n) is 2.65. The largest absolute Gasteiger partial charge is 0.285 e. The first-order chi connectivity index (χ1) is 8.57. The van der Waals surface area contributed by atoms with Crippen LogP contribution >= 0.6 is 0 Å². The van der Waals surface area contributed by atoms with Gasteiger partial charge in [-0.2, -0.15) is 8.42 Å². The van der Waals surface area contributed by atoms with Gasteiger partial charge in [0.25, 0.3) is 10.1 Å². The van der Waals surface area contributed by atoms with Crippen molar-refractivity contribution in [1.82, 2.24) is 4.98 Å². The van der Waals surface area contributed by atoms with Crippen LogP contribution in [-0.4, -0.2) is 18.0 Å². The Morgan fingerprint density at radius 1 is 1.06 bits per heavy atom. The van der Waals surface area contributed by atoms with Crippen LogP contribution in [0.15, 0.2) is 54.7 Å². The Kier molecular flexibility index (Phi) is 3.74. The van der Waals surface area contributed by atoms with E-state index in [0.717, 1.165) is 0 Å². The van der Waals surface area contributed by atoms with Crippen LogP contribution in [0.4, 0.5) is 0 Å². The molecule has 0 aliphatic heterocycles. The fourth-order valence-corrected chi connectivity index (χ4v) is 2.65. The lowest BCUT2D eigenvalue weighted by Gasteiger charge is -2.13. The third-order valence-corrected chi connectivity index (χ3v) is 3.81. The summed E-state index contributed by atoms with van der Waals surface area (Å²) in [6, 6.07) is 13.9. The lowest BCUT2D eigenvalue weighted by Crippen LogP contribution is -2.15. The summed E-state index contributed by atoms with van der Waals surface area (Å²) >= 11 is 0. The van der Waals surface area contributed by atoms with E-state index >= 15 is 0 Å². The predicted octanol–water partition coefficient (Wildman–Crippen LogP) is 2.25. The first-order valence-corrected chi connectivity index (χ1v) is 6.99. The Balaban J connectivity index is 2.34. The summed E-state index contributed by atoms with van der Waals surface area (Å²) in [5.74, 6) is 0. The molecule has 0 bridgehead atoms. The second kappa shape index (κ2) is 5.29. The van der Waals surface area contributed by atoms with Crippen molar-refractivity contribution in [2.75, 3.05) is 0 Å². The van der Waals surface area contributed by atoms with Gasteiger partial charge in [0, 0.05) is 18.3 Å². The van der Waals surface area contributed by atoms with Crippen LogP contribution < -0.4 is 0 Å². The fourth-order valence-electron chi connectivity index (χ4n) is 1.77. The van der Waals surface area contributed by atoms with Crippen molar-refractivity contribution in [3.05, 3.63) is 66.0 Å². The molecule has 0 fully saturated rings. The second-order valence-corrected chi connectivity index (χ2v) is 5.54. The highest BCUT2D eigenvalue weighted by Crippen LogP contribution is 2.24. The molecule has 0 spiro atoms. The number of pyridine rings is 1. The van der Waals surface area contributed by atoms with Crippen molar-refractivity contribution >= 4 is 10.1 Å². The van der Waals surface area contributed by atoms with Gasteiger partial charge in [0.1, 0.15) is 5.25 Å². The maximum atomic E-state index is 11.5. The SMILES string of the molecule is O=S(=O)(O)[C@@H](Cc1ccccn1)c1ccccc1. The van der Waals surface area contributed by atoms with Gasteiger partial charge in [0.15, 0.2) is 0 Å². The van der Waals surface area contributed by atoms with Crippen molar-refractivity contribution in [1.29, 1.82) is 0 Å². The minimum atomic E-state index is -4.16. The van der Waals surface area contributed by atoms with Gasteiger partial charge in [0.2, 0.25) is 0 Å². The van der Waals surface area contributed by atoms with Crippen LogP contribution in [0.5, 0.6) is 0 Å². The molecule has 0 radical (unpaired) electrons. The Bertz CT molecular complexity index is 597. The first kappa shape index (κ1) is 12.7. The fraction of sp³-hybridized carbons (Fsp3) is 0.154. The van der Waals surface area contributed by atoms with Gasteiger partial charge >= 0.3 is 0 Å². The first-order valence-electron chi connectivity index (χ1n) is 5.48. The van der Waals surface area contributed by atoms with E-state index in [2.05, 4.69) is 4.98 Å². The summed E-state index contributed by atoms with van der Waals surface area (Å²) in [5, 5.41) is -0.978. The van der Waals surface area contributed by atoms with E-state index in [9.17, 15) is 13.0 Å². The molecule has 94 valence electrons. The van der Waals surface area contributed by atoms with Gasteiger partial charge in [0.05, 0.1) is 0 Å². The summed E-state index contributed by atoms with van der Waals surface area (Å²) in [4.78, 5) is 4.08. The van der Waals surface area contributed by atoms with Gasteiger partial charge in [-0.15, -0.1) is 0 Å². The molecule has 0 amide bonds. The van der Waals surface area contributed by atoms with Gasteiger partial charge in [-0.25, -0.2) is 0 Å². The van der Waals surface area contributed by atoms with Gasteiger partial charge in [-0.1, -0.05) is 36.4 Å². The molecule has 2 aromatic rings. The van der Waals surface area contributed by atoms with E-state index in [0.29, 0.717) is 11.3 Å². The van der Waals surface area contributed by atoms with Crippen molar-refractivity contribution in [3.63, 3.8) is 0 Å². The molecule has 5 heteroatoms. The summed E-state index contributed by atoms with van der Waals surface area (Å²) in [6.07, 6.45) is 1.76. The number of aromatic nitrogens is 1. The Hall–Kier alpha value is -1.72. The van der Waals surface area contributed by atoms with E-state index in [4.69, 9.17) is 0 Å². The molecule has 18 heavy (non-hydrogen) atoms. The van der Waals surface area contributed by atoms with Crippen LogP contribution in [0, 0.1) is 0 Å². The molecule has 0 aliphatic carbocycles. The van der Waals surface area contributed by atoms with Crippen molar-refractivity contribution in [3.8, 4) is 0 Å². The molecule has 1 heterocycles. The molecule has 1 aromatic heterocycles. The maximum Gasteiger partial charge on any atom is 0.272 e. The lowest BCUT2D eigenvalue weighted by atomic mass is 10.1. The van der Waals surface area contributed by atoms with Crippen LogP contribution in [0.1, 0.15) is 16.5 Å². The highest BCUT2D eigenvalue weighted by atomic mass is 32.2.